The van der Waals surface area contributed by atoms with E-state index in [0.717, 1.165) is 29.9 Å². The number of aromatic nitrogens is 1. The summed E-state index contributed by atoms with van der Waals surface area (Å²) in [5, 5.41) is 9.28. The molecule has 6 heteroatoms. The second-order valence-electron chi connectivity index (χ2n) is 6.02. The molecule has 5 nitrogen and oxygen atoms in total. The van der Waals surface area contributed by atoms with Gasteiger partial charge in [0, 0.05) is 30.1 Å². The summed E-state index contributed by atoms with van der Waals surface area (Å²) in [4.78, 5) is 13.7. The fourth-order valence-electron chi connectivity index (χ4n) is 3.13. The number of rotatable bonds is 5. The molecule has 3 rings (SSSR count). The highest BCUT2D eigenvalue weighted by Gasteiger charge is 2.36. The molecular formula is C17H22N2O3S. The second-order valence-corrected chi connectivity index (χ2v) is 6.97. The smallest absolute Gasteiger partial charge is 0.221 e. The van der Waals surface area contributed by atoms with Gasteiger partial charge in [0.1, 0.15) is 5.76 Å². The van der Waals surface area contributed by atoms with E-state index in [-0.39, 0.29) is 11.4 Å². The van der Waals surface area contributed by atoms with Crippen LogP contribution in [0.3, 0.4) is 0 Å². The molecule has 23 heavy (non-hydrogen) atoms. The maximum Gasteiger partial charge on any atom is 0.221 e. The van der Waals surface area contributed by atoms with Gasteiger partial charge in [-0.05, 0) is 44.6 Å². The zero-order valence-electron chi connectivity index (χ0n) is 13.6. The Morgan fingerprint density at radius 2 is 2.17 bits per heavy atom. The Bertz CT molecular complexity index is 638. The lowest BCUT2D eigenvalue weighted by Crippen LogP contribution is -2.49. The Balaban J connectivity index is 1.67. The Morgan fingerprint density at radius 1 is 1.39 bits per heavy atom. The van der Waals surface area contributed by atoms with Crippen molar-refractivity contribution in [3.8, 4) is 0 Å². The zero-order valence-corrected chi connectivity index (χ0v) is 14.4. The van der Waals surface area contributed by atoms with Gasteiger partial charge in [0.05, 0.1) is 11.2 Å². The van der Waals surface area contributed by atoms with Gasteiger partial charge in [-0.25, -0.2) is 0 Å². The summed E-state index contributed by atoms with van der Waals surface area (Å²) < 4.78 is 10.6. The van der Waals surface area contributed by atoms with E-state index in [2.05, 4.69) is 21.9 Å². The van der Waals surface area contributed by atoms with Crippen molar-refractivity contribution in [3.05, 3.63) is 39.4 Å². The van der Waals surface area contributed by atoms with Gasteiger partial charge in [0.2, 0.25) is 5.91 Å². The van der Waals surface area contributed by atoms with Crippen LogP contribution in [0.15, 0.2) is 22.0 Å². The molecule has 1 saturated heterocycles. The fourth-order valence-corrected chi connectivity index (χ4v) is 4.07. The molecule has 1 aliphatic heterocycles. The van der Waals surface area contributed by atoms with Crippen LogP contribution in [-0.4, -0.2) is 24.3 Å². The maximum absolute atomic E-state index is 12.5. The highest BCUT2D eigenvalue weighted by molar-refractivity contribution is 7.10. The van der Waals surface area contributed by atoms with Crippen molar-refractivity contribution in [2.45, 2.75) is 45.1 Å². The number of amides is 1. The first-order chi connectivity index (χ1) is 11.1. The monoisotopic (exact) mass is 334 g/mol. The normalized spacial score (nSPS) is 17.1. The molecule has 0 unspecified atom stereocenters. The van der Waals surface area contributed by atoms with Crippen molar-refractivity contribution in [1.82, 2.24) is 10.5 Å². The van der Waals surface area contributed by atoms with E-state index in [4.69, 9.17) is 9.26 Å². The quantitative estimate of drug-likeness (QED) is 0.912. The molecule has 1 amide bonds. The van der Waals surface area contributed by atoms with Crippen LogP contribution in [0.2, 0.25) is 0 Å². The van der Waals surface area contributed by atoms with Crippen LogP contribution in [0.5, 0.6) is 0 Å². The van der Waals surface area contributed by atoms with Crippen molar-refractivity contribution < 1.29 is 14.1 Å². The van der Waals surface area contributed by atoms with E-state index in [9.17, 15) is 4.79 Å². The van der Waals surface area contributed by atoms with Crippen LogP contribution < -0.4 is 5.32 Å². The molecule has 1 fully saturated rings. The van der Waals surface area contributed by atoms with Gasteiger partial charge in [-0.15, -0.1) is 11.3 Å². The van der Waals surface area contributed by atoms with Crippen LogP contribution in [-0.2, 0) is 21.5 Å². The molecule has 3 heterocycles. The summed E-state index contributed by atoms with van der Waals surface area (Å²) in [7, 11) is 0. The molecule has 0 bridgehead atoms. The predicted octanol–water partition coefficient (Wildman–Crippen LogP) is 3.11. The lowest BCUT2D eigenvalue weighted by molar-refractivity contribution is -0.124. The van der Waals surface area contributed by atoms with E-state index in [1.807, 2.05) is 19.9 Å². The number of nitrogens with one attached hydrogen (secondary N) is 1. The Morgan fingerprint density at radius 3 is 2.78 bits per heavy atom. The highest BCUT2D eigenvalue weighted by atomic mass is 32.1. The first kappa shape index (κ1) is 16.2. The summed E-state index contributed by atoms with van der Waals surface area (Å²) in [5.74, 6) is 0.870. The number of hydrogen-bond acceptors (Lipinski definition) is 5. The van der Waals surface area contributed by atoms with E-state index >= 15 is 0 Å². The maximum atomic E-state index is 12.5. The Labute approximate surface area is 140 Å². The van der Waals surface area contributed by atoms with Crippen LogP contribution in [0.4, 0.5) is 0 Å². The number of hydrogen-bond donors (Lipinski definition) is 1. The minimum Gasteiger partial charge on any atom is -0.381 e. The molecular weight excluding hydrogens is 312 g/mol. The number of ether oxygens (including phenoxy) is 1. The average molecular weight is 334 g/mol. The minimum absolute atomic E-state index is 0.0697. The fraction of sp³-hybridized carbons (Fsp3) is 0.529. The topological polar surface area (TPSA) is 64.4 Å². The number of carbonyl (C=O) groups is 1. The van der Waals surface area contributed by atoms with Crippen LogP contribution >= 0.6 is 11.3 Å². The van der Waals surface area contributed by atoms with Gasteiger partial charge >= 0.3 is 0 Å². The summed E-state index contributed by atoms with van der Waals surface area (Å²) in [6.45, 7) is 5.16. The molecule has 124 valence electrons. The number of nitrogens with zero attached hydrogens (tertiary/aromatic N) is 1. The Hall–Kier alpha value is -1.66. The first-order valence-corrected chi connectivity index (χ1v) is 8.83. The molecule has 2 aromatic rings. The molecule has 0 saturated carbocycles. The molecule has 0 radical (unpaired) electrons. The van der Waals surface area contributed by atoms with Crippen molar-refractivity contribution in [3.63, 3.8) is 0 Å². The lowest BCUT2D eigenvalue weighted by atomic mass is 9.88. The summed E-state index contributed by atoms with van der Waals surface area (Å²) in [6, 6.07) is 4.14. The van der Waals surface area contributed by atoms with Crippen molar-refractivity contribution in [2.24, 2.45) is 0 Å². The standard InChI is InChI=1S/C17H22N2O3S/c1-12-14(13(2)22-19-12)5-6-16(20)18-17(7-9-21-10-8-17)15-4-3-11-23-15/h3-4,11H,5-10H2,1-2H3,(H,18,20). The third-order valence-electron chi connectivity index (χ3n) is 4.50. The molecule has 1 aliphatic rings. The molecule has 0 spiro atoms. The first-order valence-electron chi connectivity index (χ1n) is 7.95. The number of carbonyl (C=O) groups excluding carboxylic acids is 1. The third-order valence-corrected chi connectivity index (χ3v) is 5.58. The van der Waals surface area contributed by atoms with E-state index < -0.39 is 0 Å². The lowest BCUT2D eigenvalue weighted by Gasteiger charge is -2.37. The molecule has 2 aromatic heterocycles. The van der Waals surface area contributed by atoms with Gasteiger partial charge in [-0.3, -0.25) is 4.79 Å². The molecule has 0 aromatic carbocycles. The van der Waals surface area contributed by atoms with Crippen molar-refractivity contribution >= 4 is 17.2 Å². The zero-order chi connectivity index (χ0) is 16.3. The summed E-state index contributed by atoms with van der Waals surface area (Å²) in [6.07, 6.45) is 2.75. The van der Waals surface area contributed by atoms with E-state index in [0.29, 0.717) is 26.1 Å². The molecule has 0 aliphatic carbocycles. The van der Waals surface area contributed by atoms with Gasteiger partial charge in [-0.2, -0.15) is 0 Å². The molecule has 0 atom stereocenters. The largest absolute Gasteiger partial charge is 0.381 e. The summed E-state index contributed by atoms with van der Waals surface area (Å²) >= 11 is 1.70. The highest BCUT2D eigenvalue weighted by Crippen LogP contribution is 2.35. The van der Waals surface area contributed by atoms with Crippen molar-refractivity contribution in [1.29, 1.82) is 0 Å². The van der Waals surface area contributed by atoms with Crippen molar-refractivity contribution in [2.75, 3.05) is 13.2 Å². The number of aryl methyl sites for hydroxylation is 2. The van der Waals surface area contributed by atoms with E-state index in [1.54, 1.807) is 11.3 Å². The SMILES string of the molecule is Cc1noc(C)c1CCC(=O)NC1(c2cccs2)CCOCC1. The second kappa shape index (κ2) is 6.84. The third kappa shape index (κ3) is 3.48. The average Bonchev–Trinajstić information content (AvgIpc) is 3.18. The van der Waals surface area contributed by atoms with Gasteiger partial charge in [0.25, 0.3) is 0 Å². The van der Waals surface area contributed by atoms with Gasteiger partial charge < -0.3 is 14.6 Å². The predicted molar refractivity (Wildman–Crippen MR) is 88.5 cm³/mol. The van der Waals surface area contributed by atoms with Gasteiger partial charge in [-0.1, -0.05) is 11.2 Å². The Kier molecular flexibility index (Phi) is 4.82. The van der Waals surface area contributed by atoms with Crippen LogP contribution in [0, 0.1) is 13.8 Å². The van der Waals surface area contributed by atoms with E-state index in [1.165, 1.54) is 4.88 Å². The minimum atomic E-state index is -0.276. The number of thiophene rings is 1. The molecule has 1 N–H and O–H groups in total. The van der Waals surface area contributed by atoms with Gasteiger partial charge in [0.15, 0.2) is 0 Å². The van der Waals surface area contributed by atoms with Crippen LogP contribution in [0.1, 0.15) is 41.2 Å². The summed E-state index contributed by atoms with van der Waals surface area (Å²) in [5.41, 5.74) is 1.63. The van der Waals surface area contributed by atoms with Crippen LogP contribution in [0.25, 0.3) is 0 Å².